The van der Waals surface area contributed by atoms with Crippen LogP contribution < -0.4 is 0 Å². The number of hydrogen-bond donors (Lipinski definition) is 3. The molecule has 8 atom stereocenters. The lowest BCUT2D eigenvalue weighted by Crippen LogP contribution is -2.70. The van der Waals surface area contributed by atoms with E-state index in [2.05, 4.69) is 0 Å². The number of carbonyl (C=O) groups is 5. The lowest BCUT2D eigenvalue weighted by atomic mass is 9.44. The number of Topliss-reactive ketones (excluding diaryl/α,β-unsaturated/α-hetero) is 1. The molecule has 246 valence electrons. The number of allylic oxidation sites excluding steroid dienone is 4. The minimum atomic E-state index is -5.25. The summed E-state index contributed by atoms with van der Waals surface area (Å²) in [6.45, 7) is 8.55. The number of rotatable bonds is 8. The maximum absolute atomic E-state index is 17.9. The Morgan fingerprint density at radius 3 is 2.23 bits per heavy atom. The van der Waals surface area contributed by atoms with Gasteiger partial charge in [0.15, 0.2) is 23.7 Å². The number of carboxylic acid groups (broad SMARTS) is 1. The SMILES string of the molecule is CC(=O)O.CCC(=O)OCC(=O)[C@@]1(OC(=O)CC)[C@@H](C)C[C@H]2[C@@H]3CCC4=CC(=O)C=C[C@]4(C)C3(F)[C@@H](OP(=O)(O)O)C[C@@]21C. The number of esters is 2. The average molecular weight is 645 g/mol. The number of alkyl halides is 1. The fraction of sp³-hybridized carbons (Fsp3) is 0.700. The molecule has 0 saturated heterocycles. The number of ketones is 2. The van der Waals surface area contributed by atoms with Gasteiger partial charge in [-0.1, -0.05) is 39.3 Å². The maximum atomic E-state index is 17.9. The van der Waals surface area contributed by atoms with Crippen molar-refractivity contribution < 1.29 is 61.8 Å². The molecule has 0 bridgehead atoms. The fourth-order valence-corrected chi connectivity index (χ4v) is 8.81. The quantitative estimate of drug-likeness (QED) is 0.254. The van der Waals surface area contributed by atoms with E-state index in [0.29, 0.717) is 12.0 Å². The second-order valence-electron chi connectivity index (χ2n) is 12.5. The van der Waals surface area contributed by atoms with Crippen molar-refractivity contribution in [3.8, 4) is 0 Å². The number of aliphatic carboxylic acids is 1. The second kappa shape index (κ2) is 12.6. The van der Waals surface area contributed by atoms with Gasteiger partial charge in [-0.05, 0) is 50.7 Å². The van der Waals surface area contributed by atoms with E-state index < -0.39 is 84.1 Å². The third-order valence-corrected chi connectivity index (χ3v) is 10.6. The molecule has 0 amide bonds. The first-order chi connectivity index (χ1) is 20.2. The number of ether oxygens (including phenoxy) is 2. The predicted octanol–water partition coefficient (Wildman–Crippen LogP) is 4.03. The highest BCUT2D eigenvalue weighted by atomic mass is 31.2. The Balaban J connectivity index is 0.00000124. The van der Waals surface area contributed by atoms with Gasteiger partial charge in [-0.15, -0.1) is 0 Å². The van der Waals surface area contributed by atoms with Gasteiger partial charge in [0.1, 0.15) is 6.10 Å². The Morgan fingerprint density at radius 1 is 1.09 bits per heavy atom. The zero-order valence-corrected chi connectivity index (χ0v) is 26.7. The van der Waals surface area contributed by atoms with Crippen LogP contribution in [0.4, 0.5) is 4.39 Å². The highest BCUT2D eigenvalue weighted by molar-refractivity contribution is 7.46. The van der Waals surface area contributed by atoms with Crippen LogP contribution in [0.2, 0.25) is 0 Å². The molecule has 3 fully saturated rings. The number of fused-ring (bicyclic) bond motifs is 5. The van der Waals surface area contributed by atoms with Crippen LogP contribution in [0.25, 0.3) is 0 Å². The lowest BCUT2D eigenvalue weighted by molar-refractivity contribution is -0.226. The van der Waals surface area contributed by atoms with E-state index >= 15 is 4.39 Å². The van der Waals surface area contributed by atoms with Gasteiger partial charge in [-0.3, -0.25) is 28.5 Å². The van der Waals surface area contributed by atoms with Crippen molar-refractivity contribution in [2.24, 2.45) is 28.6 Å². The van der Waals surface area contributed by atoms with Crippen molar-refractivity contribution >= 4 is 37.3 Å². The van der Waals surface area contributed by atoms with Crippen molar-refractivity contribution in [3.05, 3.63) is 23.8 Å². The Kier molecular flexibility index (Phi) is 10.2. The van der Waals surface area contributed by atoms with Crippen LogP contribution in [0, 0.1) is 28.6 Å². The molecule has 0 aromatic heterocycles. The van der Waals surface area contributed by atoms with E-state index in [-0.39, 0.29) is 37.9 Å². The van der Waals surface area contributed by atoms with E-state index in [1.807, 2.05) is 0 Å². The van der Waals surface area contributed by atoms with Crippen LogP contribution >= 0.6 is 7.82 Å². The molecule has 0 spiro atoms. The van der Waals surface area contributed by atoms with Crippen molar-refractivity contribution in [2.75, 3.05) is 6.61 Å². The number of phosphoric acid groups is 1. The first kappa shape index (κ1) is 35.7. The molecular formula is C30H42FO12P. The standard InChI is InChI=1S/C28H38FO10P.C2H4O2/c1-6-23(32)37-15-21(31)28(38-24(33)7-2)16(3)12-20-19-9-8-17-13-18(30)10-11-25(17,4)27(19,29)22(14-26(20,28)5)39-40(34,35)36;1-2(3)4/h10-11,13,16,19-20,22H,6-9,12,14-15H2,1-5H3,(H2,34,35,36);1H3,(H,3,4)/t16-,19-,20-,22-,25-,26-,27?,28-;/m0./s1. The predicted molar refractivity (Wildman–Crippen MR) is 152 cm³/mol. The highest BCUT2D eigenvalue weighted by Gasteiger charge is 2.78. The Hall–Kier alpha value is -2.73. The molecule has 0 heterocycles. The van der Waals surface area contributed by atoms with Crippen LogP contribution in [0.3, 0.4) is 0 Å². The highest BCUT2D eigenvalue weighted by Crippen LogP contribution is 2.72. The molecule has 1 unspecified atom stereocenters. The fourth-order valence-electron chi connectivity index (χ4n) is 8.25. The largest absolute Gasteiger partial charge is 0.481 e. The smallest absolute Gasteiger partial charge is 0.469 e. The van der Waals surface area contributed by atoms with E-state index in [1.54, 1.807) is 34.6 Å². The number of carbonyl (C=O) groups excluding carboxylic acids is 4. The average Bonchev–Trinajstić information content (AvgIpc) is 3.13. The van der Waals surface area contributed by atoms with E-state index in [1.165, 1.54) is 18.2 Å². The first-order valence-electron chi connectivity index (χ1n) is 14.7. The number of halogens is 1. The topological polar surface area (TPSA) is 191 Å². The molecular weight excluding hydrogens is 602 g/mol. The number of phosphoric ester groups is 1. The van der Waals surface area contributed by atoms with E-state index in [9.17, 15) is 33.5 Å². The summed E-state index contributed by atoms with van der Waals surface area (Å²) in [4.78, 5) is 79.6. The van der Waals surface area contributed by atoms with Gasteiger partial charge in [0.05, 0.1) is 0 Å². The van der Waals surface area contributed by atoms with Crippen molar-refractivity contribution in [3.63, 3.8) is 0 Å². The Morgan fingerprint density at radius 2 is 1.68 bits per heavy atom. The van der Waals surface area contributed by atoms with Crippen LogP contribution in [0.15, 0.2) is 23.8 Å². The van der Waals surface area contributed by atoms with Gasteiger partial charge in [-0.2, -0.15) is 0 Å². The maximum Gasteiger partial charge on any atom is 0.469 e. The normalized spacial score (nSPS) is 37.3. The molecule has 3 saturated carbocycles. The zero-order chi connectivity index (χ0) is 33.5. The van der Waals surface area contributed by atoms with Crippen LogP contribution in [-0.2, 0) is 42.5 Å². The molecule has 4 rings (SSSR count). The second-order valence-corrected chi connectivity index (χ2v) is 13.7. The molecule has 4 aliphatic rings. The monoisotopic (exact) mass is 644 g/mol. The van der Waals surface area contributed by atoms with Crippen LogP contribution in [0.5, 0.6) is 0 Å². The van der Waals surface area contributed by atoms with Gasteiger partial charge >= 0.3 is 19.8 Å². The summed E-state index contributed by atoms with van der Waals surface area (Å²) in [5.74, 6) is -5.15. The summed E-state index contributed by atoms with van der Waals surface area (Å²) in [6, 6.07) is 0. The molecule has 44 heavy (non-hydrogen) atoms. The minimum absolute atomic E-state index is 0.0274. The first-order valence-corrected chi connectivity index (χ1v) is 16.2. The Bertz CT molecular complexity index is 1320. The van der Waals surface area contributed by atoms with Crippen molar-refractivity contribution in [2.45, 2.75) is 97.4 Å². The van der Waals surface area contributed by atoms with Crippen molar-refractivity contribution in [1.29, 1.82) is 0 Å². The van der Waals surface area contributed by atoms with Gasteiger partial charge in [0.25, 0.3) is 5.97 Å². The third kappa shape index (κ3) is 5.96. The van der Waals surface area contributed by atoms with Gasteiger partial charge in [0, 0.05) is 42.4 Å². The minimum Gasteiger partial charge on any atom is -0.481 e. The zero-order valence-electron chi connectivity index (χ0n) is 25.8. The van der Waals surface area contributed by atoms with Crippen LogP contribution in [-0.4, -0.2) is 68.3 Å². The summed E-state index contributed by atoms with van der Waals surface area (Å²) in [5, 5.41) is 7.42. The van der Waals surface area contributed by atoms with Gasteiger partial charge in [-0.25, -0.2) is 8.96 Å². The number of hydrogen-bond acceptors (Lipinski definition) is 9. The summed E-state index contributed by atoms with van der Waals surface area (Å²) in [7, 11) is -5.25. The summed E-state index contributed by atoms with van der Waals surface area (Å²) in [6.07, 6.45) is 2.82. The third-order valence-electron chi connectivity index (χ3n) is 10.1. The van der Waals surface area contributed by atoms with E-state index in [4.69, 9.17) is 23.9 Å². The van der Waals surface area contributed by atoms with Gasteiger partial charge in [0.2, 0.25) is 5.78 Å². The molecule has 0 radical (unpaired) electrons. The van der Waals surface area contributed by atoms with Crippen molar-refractivity contribution in [1.82, 2.24) is 0 Å². The summed E-state index contributed by atoms with van der Waals surface area (Å²) in [5.41, 5.74) is -6.42. The van der Waals surface area contributed by atoms with Gasteiger partial charge < -0.3 is 24.4 Å². The Labute approximate surface area is 255 Å². The molecule has 14 heteroatoms. The molecule has 12 nitrogen and oxygen atoms in total. The molecule has 4 aliphatic carbocycles. The van der Waals surface area contributed by atoms with Crippen LogP contribution in [0.1, 0.15) is 80.1 Å². The summed E-state index contributed by atoms with van der Waals surface area (Å²) >= 11 is 0. The molecule has 0 aliphatic heterocycles. The number of carboxylic acids is 1. The molecule has 0 aromatic rings. The van der Waals surface area contributed by atoms with E-state index in [0.717, 1.165) is 6.92 Å². The summed E-state index contributed by atoms with van der Waals surface area (Å²) < 4.78 is 46.5. The molecule has 3 N–H and O–H groups in total. The lowest BCUT2D eigenvalue weighted by Gasteiger charge is -2.63. The molecule has 0 aromatic carbocycles.